The molecule has 0 bridgehead atoms. The molecule has 0 saturated carbocycles. The molecule has 66 valence electrons. The fraction of sp³-hybridized carbons (Fsp3) is 0.333. The zero-order valence-electron chi connectivity index (χ0n) is 7.01. The van der Waals surface area contributed by atoms with Crippen molar-refractivity contribution in [1.82, 2.24) is 5.32 Å². The van der Waals surface area contributed by atoms with Crippen LogP contribution in [0.3, 0.4) is 0 Å². The average Bonchev–Trinajstić information content (AvgIpc) is 2.09. The highest BCUT2D eigenvalue weighted by atomic mass is 79.9. The zero-order valence-corrected chi connectivity index (χ0v) is 9.41. The van der Waals surface area contributed by atoms with Gasteiger partial charge in [0.15, 0.2) is 0 Å². The van der Waals surface area contributed by atoms with Gasteiger partial charge in [0.2, 0.25) is 0 Å². The molecule has 1 aromatic carbocycles. The van der Waals surface area contributed by atoms with E-state index in [0.29, 0.717) is 0 Å². The molecule has 1 aromatic rings. The van der Waals surface area contributed by atoms with E-state index in [2.05, 4.69) is 39.4 Å². The maximum atomic E-state index is 3.51. The Bertz CT molecular complexity index is 240. The van der Waals surface area contributed by atoms with Crippen molar-refractivity contribution >= 4 is 27.7 Å². The fourth-order valence-corrected chi connectivity index (χ4v) is 2.36. The first-order chi connectivity index (χ1) is 5.84. The maximum Gasteiger partial charge on any atom is 0.0311 e. The first-order valence-corrected chi connectivity index (χ1v) is 5.64. The van der Waals surface area contributed by atoms with Gasteiger partial charge in [0.1, 0.15) is 0 Å². The third-order valence-corrected chi connectivity index (χ3v) is 3.48. The van der Waals surface area contributed by atoms with Gasteiger partial charge in [0, 0.05) is 21.7 Å². The smallest absolute Gasteiger partial charge is 0.0311 e. The van der Waals surface area contributed by atoms with Crippen LogP contribution in [0.25, 0.3) is 0 Å². The van der Waals surface area contributed by atoms with E-state index in [0.717, 1.165) is 12.3 Å². The van der Waals surface area contributed by atoms with Crippen LogP contribution in [0.1, 0.15) is 0 Å². The van der Waals surface area contributed by atoms with E-state index in [1.165, 1.54) is 9.37 Å². The minimum atomic E-state index is 1.05. The third-order valence-electron chi connectivity index (χ3n) is 1.45. The van der Waals surface area contributed by atoms with Gasteiger partial charge in [-0.3, -0.25) is 0 Å². The van der Waals surface area contributed by atoms with Gasteiger partial charge in [-0.25, -0.2) is 0 Å². The molecule has 1 N–H and O–H groups in total. The van der Waals surface area contributed by atoms with Gasteiger partial charge in [-0.1, -0.05) is 12.1 Å². The Labute approximate surface area is 86.1 Å². The lowest BCUT2D eigenvalue weighted by Crippen LogP contribution is -2.09. The third kappa shape index (κ3) is 3.17. The lowest BCUT2D eigenvalue weighted by atomic mass is 10.4. The first-order valence-electron chi connectivity index (χ1n) is 3.86. The van der Waals surface area contributed by atoms with Crippen LogP contribution >= 0.6 is 27.7 Å². The summed E-state index contributed by atoms with van der Waals surface area (Å²) < 4.78 is 1.19. The van der Waals surface area contributed by atoms with Crippen molar-refractivity contribution in [3.05, 3.63) is 28.7 Å². The van der Waals surface area contributed by atoms with Crippen LogP contribution < -0.4 is 5.32 Å². The maximum absolute atomic E-state index is 3.51. The molecule has 3 heteroatoms. The minimum absolute atomic E-state index is 1.05. The molecule has 0 aliphatic heterocycles. The van der Waals surface area contributed by atoms with Crippen molar-refractivity contribution in [2.24, 2.45) is 0 Å². The zero-order chi connectivity index (χ0) is 8.81. The van der Waals surface area contributed by atoms with Gasteiger partial charge >= 0.3 is 0 Å². The van der Waals surface area contributed by atoms with E-state index in [-0.39, 0.29) is 0 Å². The predicted molar refractivity (Wildman–Crippen MR) is 58.8 cm³/mol. The highest BCUT2D eigenvalue weighted by molar-refractivity contribution is 9.10. The van der Waals surface area contributed by atoms with E-state index in [4.69, 9.17) is 0 Å². The van der Waals surface area contributed by atoms with Crippen LogP contribution in [0.5, 0.6) is 0 Å². The summed E-state index contributed by atoms with van der Waals surface area (Å²) in [6, 6.07) is 8.30. The monoisotopic (exact) mass is 245 g/mol. The van der Waals surface area contributed by atoms with Crippen LogP contribution in [-0.2, 0) is 0 Å². The van der Waals surface area contributed by atoms with Crippen LogP contribution in [0.15, 0.2) is 33.6 Å². The lowest BCUT2D eigenvalue weighted by Gasteiger charge is -2.02. The molecule has 0 spiro atoms. The molecule has 0 unspecified atom stereocenters. The SMILES string of the molecule is CNCCSc1ccccc1Br. The highest BCUT2D eigenvalue weighted by Gasteiger charge is 1.96. The Morgan fingerprint density at radius 3 is 2.83 bits per heavy atom. The second-order valence-electron chi connectivity index (χ2n) is 2.38. The van der Waals surface area contributed by atoms with Crippen molar-refractivity contribution in [2.45, 2.75) is 4.90 Å². The fourth-order valence-electron chi connectivity index (χ4n) is 0.825. The van der Waals surface area contributed by atoms with Crippen LogP contribution in [0, 0.1) is 0 Å². The number of halogens is 1. The number of rotatable bonds is 4. The Kier molecular flexibility index (Phi) is 4.73. The van der Waals surface area contributed by atoms with E-state index < -0.39 is 0 Å². The van der Waals surface area contributed by atoms with Crippen molar-refractivity contribution in [1.29, 1.82) is 0 Å². The lowest BCUT2D eigenvalue weighted by molar-refractivity contribution is 0.872. The minimum Gasteiger partial charge on any atom is -0.319 e. The summed E-state index contributed by atoms with van der Waals surface area (Å²) in [4.78, 5) is 1.31. The standard InChI is InChI=1S/C9H12BrNS/c1-11-6-7-12-9-5-3-2-4-8(9)10/h2-5,11H,6-7H2,1H3. The Morgan fingerprint density at radius 1 is 1.42 bits per heavy atom. The Morgan fingerprint density at radius 2 is 2.17 bits per heavy atom. The molecule has 0 aliphatic carbocycles. The summed E-state index contributed by atoms with van der Waals surface area (Å²) in [6.07, 6.45) is 0. The molecule has 0 aliphatic rings. The molecule has 1 nitrogen and oxygen atoms in total. The van der Waals surface area contributed by atoms with Gasteiger partial charge in [-0.15, -0.1) is 11.8 Å². The van der Waals surface area contributed by atoms with E-state index in [1.54, 1.807) is 0 Å². The van der Waals surface area contributed by atoms with Crippen LogP contribution in [-0.4, -0.2) is 19.3 Å². The molecule has 0 fully saturated rings. The van der Waals surface area contributed by atoms with E-state index >= 15 is 0 Å². The second-order valence-corrected chi connectivity index (χ2v) is 4.37. The van der Waals surface area contributed by atoms with Crippen molar-refractivity contribution in [3.8, 4) is 0 Å². The Hall–Kier alpha value is 0.01000. The van der Waals surface area contributed by atoms with Gasteiger partial charge in [0.25, 0.3) is 0 Å². The molecule has 0 saturated heterocycles. The van der Waals surface area contributed by atoms with Gasteiger partial charge in [-0.2, -0.15) is 0 Å². The molecule has 0 aromatic heterocycles. The van der Waals surface area contributed by atoms with Crippen molar-refractivity contribution in [3.63, 3.8) is 0 Å². The predicted octanol–water partition coefficient (Wildman–Crippen LogP) is 2.76. The van der Waals surface area contributed by atoms with Gasteiger partial charge in [-0.05, 0) is 35.1 Å². The molecular weight excluding hydrogens is 234 g/mol. The molecule has 0 amide bonds. The van der Waals surface area contributed by atoms with Crippen LogP contribution in [0.4, 0.5) is 0 Å². The van der Waals surface area contributed by atoms with Crippen LogP contribution in [0.2, 0.25) is 0 Å². The topological polar surface area (TPSA) is 12.0 Å². The van der Waals surface area contributed by atoms with Crippen molar-refractivity contribution < 1.29 is 0 Å². The average molecular weight is 246 g/mol. The largest absolute Gasteiger partial charge is 0.319 e. The summed E-state index contributed by atoms with van der Waals surface area (Å²) in [6.45, 7) is 1.05. The summed E-state index contributed by atoms with van der Waals surface area (Å²) in [5.41, 5.74) is 0. The Balaban J connectivity index is 2.46. The summed E-state index contributed by atoms with van der Waals surface area (Å²) >= 11 is 5.37. The molecule has 0 atom stereocenters. The quantitative estimate of drug-likeness (QED) is 0.647. The number of hydrogen-bond donors (Lipinski definition) is 1. The first kappa shape index (κ1) is 10.1. The summed E-state index contributed by atoms with van der Waals surface area (Å²) in [5.74, 6) is 1.11. The molecule has 0 heterocycles. The molecule has 12 heavy (non-hydrogen) atoms. The molecular formula is C9H12BrNS. The summed E-state index contributed by atoms with van der Waals surface area (Å²) in [7, 11) is 1.97. The highest BCUT2D eigenvalue weighted by Crippen LogP contribution is 2.26. The molecule has 1 rings (SSSR count). The number of nitrogens with one attached hydrogen (secondary N) is 1. The molecule has 0 radical (unpaired) electrons. The number of benzene rings is 1. The van der Waals surface area contributed by atoms with Crippen molar-refractivity contribution in [2.75, 3.05) is 19.3 Å². The second kappa shape index (κ2) is 5.62. The van der Waals surface area contributed by atoms with E-state index in [1.807, 2.05) is 24.9 Å². The van der Waals surface area contributed by atoms with E-state index in [9.17, 15) is 0 Å². The summed E-state index contributed by atoms with van der Waals surface area (Å²) in [5, 5.41) is 3.12. The van der Waals surface area contributed by atoms with Gasteiger partial charge in [0.05, 0.1) is 0 Å². The van der Waals surface area contributed by atoms with Gasteiger partial charge < -0.3 is 5.32 Å². The number of hydrogen-bond acceptors (Lipinski definition) is 2. The normalized spacial score (nSPS) is 10.2. The number of thioether (sulfide) groups is 1.